The van der Waals surface area contributed by atoms with Crippen molar-refractivity contribution in [2.45, 2.75) is 6.92 Å². The van der Waals surface area contributed by atoms with E-state index >= 15 is 0 Å². The summed E-state index contributed by atoms with van der Waals surface area (Å²) in [5.74, 6) is -0.0694. The molecule has 1 heterocycles. The molecule has 22 heavy (non-hydrogen) atoms. The van der Waals surface area contributed by atoms with E-state index in [1.165, 1.54) is 11.8 Å². The molecule has 0 N–H and O–H groups in total. The fourth-order valence-corrected chi connectivity index (χ4v) is 3.90. The molecule has 0 aromatic heterocycles. The number of aryl methyl sites for hydroxylation is 1. The van der Waals surface area contributed by atoms with Gasteiger partial charge in [0.2, 0.25) is 0 Å². The number of benzene rings is 2. The number of anilines is 1. The first-order chi connectivity index (χ1) is 10.6. The summed E-state index contributed by atoms with van der Waals surface area (Å²) >= 11 is 10.2. The Labute approximate surface area is 147 Å². The monoisotopic (exact) mass is 389 g/mol. The normalized spacial score (nSPS) is 16.6. The molecule has 0 atom stereocenters. The second-order valence-corrected chi connectivity index (χ2v) is 7.36. The molecule has 2 aromatic rings. The molecule has 5 heteroatoms. The first-order valence-electron chi connectivity index (χ1n) is 6.66. The Morgan fingerprint density at radius 2 is 1.82 bits per heavy atom. The van der Waals surface area contributed by atoms with Gasteiger partial charge in [-0.3, -0.25) is 9.69 Å². The van der Waals surface area contributed by atoms with Gasteiger partial charge in [-0.15, -0.1) is 0 Å². The highest BCUT2D eigenvalue weighted by Crippen LogP contribution is 2.37. The lowest BCUT2D eigenvalue weighted by atomic mass is 10.1. The lowest BCUT2D eigenvalue weighted by molar-refractivity contribution is -0.113. The molecule has 110 valence electrons. The van der Waals surface area contributed by atoms with E-state index in [9.17, 15) is 4.79 Å². The van der Waals surface area contributed by atoms with Gasteiger partial charge in [0.15, 0.2) is 4.32 Å². The molecule has 3 rings (SSSR count). The van der Waals surface area contributed by atoms with Crippen LogP contribution in [0, 0.1) is 6.92 Å². The van der Waals surface area contributed by atoms with Crippen molar-refractivity contribution >= 4 is 61.9 Å². The molecule has 0 spiro atoms. The number of carbonyl (C=O) groups excluding carboxylic acids is 1. The predicted molar refractivity (Wildman–Crippen MR) is 101 cm³/mol. The number of halogens is 1. The van der Waals surface area contributed by atoms with Crippen molar-refractivity contribution < 1.29 is 4.79 Å². The minimum Gasteiger partial charge on any atom is -0.268 e. The average molecular weight is 390 g/mol. The maximum Gasteiger partial charge on any atom is 0.270 e. The molecular weight excluding hydrogens is 378 g/mol. The van der Waals surface area contributed by atoms with Crippen LogP contribution in [0.15, 0.2) is 57.9 Å². The van der Waals surface area contributed by atoms with Crippen LogP contribution in [0.2, 0.25) is 0 Å². The third kappa shape index (κ3) is 2.89. The number of carbonyl (C=O) groups is 1. The van der Waals surface area contributed by atoms with E-state index in [4.69, 9.17) is 12.2 Å². The molecule has 1 aliphatic heterocycles. The van der Waals surface area contributed by atoms with Crippen LogP contribution in [0.5, 0.6) is 0 Å². The van der Waals surface area contributed by atoms with Crippen LogP contribution in [0.1, 0.15) is 11.1 Å². The van der Waals surface area contributed by atoms with Gasteiger partial charge in [-0.1, -0.05) is 76.3 Å². The fraction of sp³-hybridized carbons (Fsp3) is 0.0588. The zero-order valence-corrected chi connectivity index (χ0v) is 15.0. The highest BCUT2D eigenvalue weighted by atomic mass is 79.9. The van der Waals surface area contributed by atoms with Crippen LogP contribution >= 0.6 is 39.9 Å². The Hall–Kier alpha value is -1.43. The van der Waals surface area contributed by atoms with Crippen molar-refractivity contribution in [3.8, 4) is 0 Å². The Morgan fingerprint density at radius 3 is 2.55 bits per heavy atom. The van der Waals surface area contributed by atoms with Gasteiger partial charge in [-0.05, 0) is 36.3 Å². The molecule has 1 aliphatic rings. The lowest BCUT2D eigenvalue weighted by Gasteiger charge is -2.16. The number of nitrogens with zero attached hydrogens (tertiary/aromatic N) is 1. The molecule has 1 fully saturated rings. The summed E-state index contributed by atoms with van der Waals surface area (Å²) in [5.41, 5.74) is 2.84. The van der Waals surface area contributed by atoms with Crippen molar-refractivity contribution in [2.24, 2.45) is 0 Å². The number of hydrogen-bond acceptors (Lipinski definition) is 3. The van der Waals surface area contributed by atoms with Crippen LogP contribution in [-0.2, 0) is 4.79 Å². The zero-order valence-electron chi connectivity index (χ0n) is 11.7. The van der Waals surface area contributed by atoms with E-state index in [0.29, 0.717) is 9.23 Å². The van der Waals surface area contributed by atoms with Crippen LogP contribution in [0.4, 0.5) is 5.69 Å². The summed E-state index contributed by atoms with van der Waals surface area (Å²) in [7, 11) is 0. The zero-order chi connectivity index (χ0) is 15.7. The summed E-state index contributed by atoms with van der Waals surface area (Å²) in [6, 6.07) is 15.6. The fourth-order valence-electron chi connectivity index (χ4n) is 2.22. The molecular formula is C17H12BrNOS2. The Bertz CT molecular complexity index is 801. The van der Waals surface area contributed by atoms with Gasteiger partial charge >= 0.3 is 0 Å². The molecule has 1 saturated heterocycles. The van der Waals surface area contributed by atoms with Crippen LogP contribution < -0.4 is 4.90 Å². The average Bonchev–Trinajstić information content (AvgIpc) is 2.77. The topological polar surface area (TPSA) is 20.3 Å². The van der Waals surface area contributed by atoms with Gasteiger partial charge < -0.3 is 0 Å². The second kappa shape index (κ2) is 6.36. The van der Waals surface area contributed by atoms with Gasteiger partial charge in [0.1, 0.15) is 0 Å². The number of hydrogen-bond donors (Lipinski definition) is 0. The first-order valence-corrected chi connectivity index (χ1v) is 8.68. The van der Waals surface area contributed by atoms with Crippen molar-refractivity contribution in [2.75, 3.05) is 4.90 Å². The van der Waals surface area contributed by atoms with Crippen molar-refractivity contribution in [1.82, 2.24) is 0 Å². The van der Waals surface area contributed by atoms with E-state index in [1.54, 1.807) is 4.90 Å². The maximum atomic E-state index is 12.7. The summed E-state index contributed by atoms with van der Waals surface area (Å²) < 4.78 is 1.52. The van der Waals surface area contributed by atoms with Gasteiger partial charge in [-0.25, -0.2) is 0 Å². The number of para-hydroxylation sites is 1. The van der Waals surface area contributed by atoms with Gasteiger partial charge in [0, 0.05) is 4.47 Å². The predicted octanol–water partition coefficient (Wildman–Crippen LogP) is 5.16. The molecule has 0 radical (unpaired) electrons. The smallest absolute Gasteiger partial charge is 0.268 e. The third-order valence-electron chi connectivity index (χ3n) is 3.34. The molecule has 1 amide bonds. The van der Waals surface area contributed by atoms with Crippen molar-refractivity contribution in [3.63, 3.8) is 0 Å². The van der Waals surface area contributed by atoms with Crippen LogP contribution in [-0.4, -0.2) is 10.2 Å². The van der Waals surface area contributed by atoms with E-state index in [-0.39, 0.29) is 5.91 Å². The van der Waals surface area contributed by atoms with Gasteiger partial charge in [0.05, 0.1) is 10.6 Å². The quantitative estimate of drug-likeness (QED) is 0.522. The summed E-state index contributed by atoms with van der Waals surface area (Å²) in [6.45, 7) is 1.98. The Kier molecular flexibility index (Phi) is 4.47. The molecule has 0 bridgehead atoms. The molecule has 0 aliphatic carbocycles. The van der Waals surface area contributed by atoms with Gasteiger partial charge in [-0.2, -0.15) is 0 Å². The standard InChI is InChI=1S/C17H12BrNOS2/c1-11-6-2-5-9-14(11)19-16(20)15(22-17(19)21)10-12-7-3-4-8-13(12)18/h2-10H,1H3/b15-10-. The molecule has 0 unspecified atom stereocenters. The Balaban J connectivity index is 1.99. The number of amides is 1. The molecule has 0 saturated carbocycles. The summed E-state index contributed by atoms with van der Waals surface area (Å²) in [6.07, 6.45) is 1.88. The number of thiocarbonyl (C=S) groups is 1. The highest BCUT2D eigenvalue weighted by molar-refractivity contribution is 9.10. The number of thioether (sulfide) groups is 1. The van der Waals surface area contributed by atoms with Crippen LogP contribution in [0.3, 0.4) is 0 Å². The van der Waals surface area contributed by atoms with Crippen LogP contribution in [0.25, 0.3) is 6.08 Å². The largest absolute Gasteiger partial charge is 0.270 e. The lowest BCUT2D eigenvalue weighted by Crippen LogP contribution is -2.28. The number of rotatable bonds is 2. The highest BCUT2D eigenvalue weighted by Gasteiger charge is 2.33. The third-order valence-corrected chi connectivity index (χ3v) is 5.37. The van der Waals surface area contributed by atoms with E-state index in [2.05, 4.69) is 15.9 Å². The van der Waals surface area contributed by atoms with E-state index in [1.807, 2.05) is 61.5 Å². The van der Waals surface area contributed by atoms with E-state index in [0.717, 1.165) is 21.3 Å². The summed E-state index contributed by atoms with van der Waals surface area (Å²) in [4.78, 5) is 15.0. The van der Waals surface area contributed by atoms with E-state index < -0.39 is 0 Å². The van der Waals surface area contributed by atoms with Gasteiger partial charge in [0.25, 0.3) is 5.91 Å². The Morgan fingerprint density at radius 1 is 1.14 bits per heavy atom. The SMILES string of the molecule is Cc1ccccc1N1C(=O)/C(=C/c2ccccc2Br)SC1=S. The van der Waals surface area contributed by atoms with Crippen molar-refractivity contribution in [1.29, 1.82) is 0 Å². The minimum absolute atomic E-state index is 0.0694. The molecule has 2 aromatic carbocycles. The van der Waals surface area contributed by atoms with Crippen molar-refractivity contribution in [3.05, 3.63) is 69.0 Å². The molecule has 2 nitrogen and oxygen atoms in total. The maximum absolute atomic E-state index is 12.7. The summed E-state index contributed by atoms with van der Waals surface area (Å²) in [5, 5.41) is 0. The first kappa shape index (κ1) is 15.5. The second-order valence-electron chi connectivity index (χ2n) is 4.83. The minimum atomic E-state index is -0.0694.